The second-order valence-corrected chi connectivity index (χ2v) is 6.62. The molecule has 0 amide bonds. The first kappa shape index (κ1) is 20.4. The molecule has 0 heterocycles. The predicted octanol–water partition coefficient (Wildman–Crippen LogP) is 6.16. The van der Waals surface area contributed by atoms with Crippen LogP contribution in [0.25, 0.3) is 21.5 Å². The molecule has 0 unspecified atom stereocenters. The van der Waals surface area contributed by atoms with Crippen LogP contribution in [0.3, 0.4) is 0 Å². The van der Waals surface area contributed by atoms with Crippen LogP contribution in [0.5, 0.6) is 11.5 Å². The van der Waals surface area contributed by atoms with Gasteiger partial charge in [0.25, 0.3) is 0 Å². The number of hydrogen-bond donors (Lipinski definition) is 0. The number of benzene rings is 3. The zero-order valence-corrected chi connectivity index (χ0v) is 16.9. The molecule has 0 aliphatic carbocycles. The maximum Gasteiger partial charge on any atom is 0.514 e. The highest BCUT2D eigenvalue weighted by Crippen LogP contribution is 2.45. The van der Waals surface area contributed by atoms with Gasteiger partial charge in [-0.15, -0.1) is 0 Å². The van der Waals surface area contributed by atoms with Crippen molar-refractivity contribution in [2.45, 2.75) is 0 Å². The van der Waals surface area contributed by atoms with E-state index >= 15 is 0 Å². The Labute approximate surface area is 175 Å². The molecule has 0 saturated carbocycles. The van der Waals surface area contributed by atoms with Crippen molar-refractivity contribution in [1.82, 2.24) is 0 Å². The predicted molar refractivity (Wildman–Crippen MR) is 114 cm³/mol. The van der Waals surface area contributed by atoms with Crippen molar-refractivity contribution in [1.29, 1.82) is 0 Å². The van der Waals surface area contributed by atoms with E-state index in [1.165, 1.54) is 12.2 Å². The van der Waals surface area contributed by atoms with Crippen LogP contribution in [0.15, 0.2) is 72.2 Å². The van der Waals surface area contributed by atoms with Crippen LogP contribution < -0.4 is 9.47 Å². The van der Waals surface area contributed by atoms with Gasteiger partial charge in [-0.3, -0.25) is 0 Å². The Kier molecular flexibility index (Phi) is 6.51. The van der Waals surface area contributed by atoms with Crippen molar-refractivity contribution in [3.63, 3.8) is 0 Å². The van der Waals surface area contributed by atoms with Crippen molar-refractivity contribution >= 4 is 49.8 Å². The second-order valence-electron chi connectivity index (χ2n) is 5.77. The van der Waals surface area contributed by atoms with E-state index in [0.29, 0.717) is 26.0 Å². The van der Waals surface area contributed by atoms with E-state index in [2.05, 4.69) is 29.1 Å². The van der Waals surface area contributed by atoms with Gasteiger partial charge in [0, 0.05) is 26.0 Å². The fourth-order valence-electron chi connectivity index (χ4n) is 2.80. The molecule has 0 aliphatic heterocycles. The van der Waals surface area contributed by atoms with Crippen molar-refractivity contribution in [2.24, 2.45) is 0 Å². The van der Waals surface area contributed by atoms with E-state index in [9.17, 15) is 9.59 Å². The zero-order chi connectivity index (χ0) is 20.8. The summed E-state index contributed by atoms with van der Waals surface area (Å²) in [5.74, 6) is 0.571. The average Bonchev–Trinajstić information content (AvgIpc) is 2.73. The van der Waals surface area contributed by atoms with E-state index in [0.717, 1.165) is 0 Å². The van der Waals surface area contributed by atoms with E-state index in [-0.39, 0.29) is 24.7 Å². The topological polar surface area (TPSA) is 71.1 Å². The minimum absolute atomic E-state index is 0.0200. The number of fused-ring (bicyclic) bond motifs is 2. The number of halogens is 1. The highest BCUT2D eigenvalue weighted by molar-refractivity contribution is 9.10. The first-order valence-corrected chi connectivity index (χ1v) is 9.40. The minimum atomic E-state index is -0.869. The van der Waals surface area contributed by atoms with E-state index < -0.39 is 12.3 Å². The lowest BCUT2D eigenvalue weighted by molar-refractivity contribution is 0.109. The summed E-state index contributed by atoms with van der Waals surface area (Å²) in [4.78, 5) is 24.2. The lowest BCUT2D eigenvalue weighted by Crippen LogP contribution is -2.13. The summed E-state index contributed by atoms with van der Waals surface area (Å²) in [7, 11) is 0. The SMILES string of the molecule is C=CCOC(=O)Oc1c2ccccc2c(OC(=O)OCC=C)c2c(Br)cccc12. The van der Waals surface area contributed by atoms with Crippen LogP contribution in [0.2, 0.25) is 0 Å². The molecule has 0 atom stereocenters. The van der Waals surface area contributed by atoms with Crippen LogP contribution in [0.1, 0.15) is 0 Å². The van der Waals surface area contributed by atoms with Crippen molar-refractivity contribution in [3.8, 4) is 11.5 Å². The number of rotatable bonds is 6. The number of ether oxygens (including phenoxy) is 4. The smallest absolute Gasteiger partial charge is 0.430 e. The molecular formula is C22H17BrO6. The highest BCUT2D eigenvalue weighted by atomic mass is 79.9. The molecule has 0 saturated heterocycles. The van der Waals surface area contributed by atoms with Crippen LogP contribution >= 0.6 is 15.9 Å². The van der Waals surface area contributed by atoms with Crippen LogP contribution in [0, 0.1) is 0 Å². The molecule has 6 nitrogen and oxygen atoms in total. The lowest BCUT2D eigenvalue weighted by Gasteiger charge is -2.16. The van der Waals surface area contributed by atoms with Gasteiger partial charge in [0.2, 0.25) is 0 Å². The van der Waals surface area contributed by atoms with E-state index in [4.69, 9.17) is 18.9 Å². The van der Waals surface area contributed by atoms with Crippen LogP contribution in [-0.2, 0) is 9.47 Å². The van der Waals surface area contributed by atoms with Crippen LogP contribution in [-0.4, -0.2) is 25.5 Å². The summed E-state index contributed by atoms with van der Waals surface area (Å²) in [6, 6.07) is 12.4. The Bertz CT molecular complexity index is 1110. The largest absolute Gasteiger partial charge is 0.514 e. The van der Waals surface area contributed by atoms with Crippen LogP contribution in [0.4, 0.5) is 9.59 Å². The Morgan fingerprint density at radius 1 is 0.793 bits per heavy atom. The van der Waals surface area contributed by atoms with Gasteiger partial charge in [0.15, 0.2) is 11.5 Å². The van der Waals surface area contributed by atoms with E-state index in [1.807, 2.05) is 0 Å². The molecule has 148 valence electrons. The normalized spacial score (nSPS) is 10.4. The molecule has 3 rings (SSSR count). The van der Waals surface area contributed by atoms with Crippen molar-refractivity contribution in [3.05, 3.63) is 72.2 Å². The molecule has 0 fully saturated rings. The minimum Gasteiger partial charge on any atom is -0.430 e. The molecule has 0 aliphatic rings. The third-order valence-electron chi connectivity index (χ3n) is 3.91. The third kappa shape index (κ3) is 4.41. The third-order valence-corrected chi connectivity index (χ3v) is 4.57. The molecule has 3 aromatic carbocycles. The maximum absolute atomic E-state index is 12.1. The number of carbonyl (C=O) groups is 2. The first-order chi connectivity index (χ1) is 14.1. The summed E-state index contributed by atoms with van der Waals surface area (Å²) in [5.41, 5.74) is 0. The monoisotopic (exact) mass is 456 g/mol. The molecule has 0 bridgehead atoms. The molecular weight excluding hydrogens is 440 g/mol. The number of hydrogen-bond acceptors (Lipinski definition) is 6. The van der Waals surface area contributed by atoms with Gasteiger partial charge in [0.05, 0.1) is 0 Å². The molecule has 3 aromatic rings. The standard InChI is InChI=1S/C22H17BrO6/c1-3-12-26-21(24)28-19-14-8-5-6-9-15(14)20(29-22(25)27-13-4-2)18-16(19)10-7-11-17(18)23/h3-11H,1-2,12-13H2. The Morgan fingerprint density at radius 2 is 1.31 bits per heavy atom. The van der Waals surface area contributed by atoms with E-state index in [1.54, 1.807) is 42.5 Å². The quantitative estimate of drug-likeness (QED) is 0.191. The van der Waals surface area contributed by atoms with Gasteiger partial charge in [-0.2, -0.15) is 0 Å². The lowest BCUT2D eigenvalue weighted by atomic mass is 10.0. The maximum atomic E-state index is 12.1. The molecule has 0 radical (unpaired) electrons. The summed E-state index contributed by atoms with van der Waals surface area (Å²) in [5, 5.41) is 2.24. The molecule has 7 heteroatoms. The fraction of sp³-hybridized carbons (Fsp3) is 0.0909. The number of carbonyl (C=O) groups excluding carboxylic acids is 2. The zero-order valence-electron chi connectivity index (χ0n) is 15.4. The van der Waals surface area contributed by atoms with Crippen molar-refractivity contribution < 1.29 is 28.5 Å². The Balaban J connectivity index is 2.22. The summed E-state index contributed by atoms with van der Waals surface area (Å²) in [6.07, 6.45) is 1.15. The molecule has 29 heavy (non-hydrogen) atoms. The Morgan fingerprint density at radius 3 is 1.90 bits per heavy atom. The molecule has 0 aromatic heterocycles. The summed E-state index contributed by atoms with van der Waals surface area (Å²) in [6.45, 7) is 7.06. The van der Waals surface area contributed by atoms with Gasteiger partial charge in [-0.25, -0.2) is 9.59 Å². The second kappa shape index (κ2) is 9.25. The molecule has 0 spiro atoms. The average molecular weight is 457 g/mol. The summed E-state index contributed by atoms with van der Waals surface area (Å²) < 4.78 is 21.6. The van der Waals surface area contributed by atoms with Gasteiger partial charge in [-0.05, 0) is 6.07 Å². The first-order valence-electron chi connectivity index (χ1n) is 8.60. The Hall–Kier alpha value is -3.32. The van der Waals surface area contributed by atoms with Gasteiger partial charge in [0.1, 0.15) is 13.2 Å². The fourth-order valence-corrected chi connectivity index (χ4v) is 3.34. The van der Waals surface area contributed by atoms with Gasteiger partial charge < -0.3 is 18.9 Å². The van der Waals surface area contributed by atoms with Gasteiger partial charge >= 0.3 is 12.3 Å². The summed E-state index contributed by atoms with van der Waals surface area (Å²) >= 11 is 3.49. The van der Waals surface area contributed by atoms with Crippen molar-refractivity contribution in [2.75, 3.05) is 13.2 Å². The molecule has 0 N–H and O–H groups in total. The highest BCUT2D eigenvalue weighted by Gasteiger charge is 2.22. The van der Waals surface area contributed by atoms with Gasteiger partial charge in [-0.1, -0.05) is 77.6 Å².